The third-order valence-electron chi connectivity index (χ3n) is 1.95. The Morgan fingerprint density at radius 2 is 2.29 bits per heavy atom. The molecule has 0 fully saturated rings. The van der Waals surface area contributed by atoms with Crippen LogP contribution in [0.25, 0.3) is 11.2 Å². The number of nitrogens with zero attached hydrogens (tertiary/aromatic N) is 2. The lowest BCUT2D eigenvalue weighted by atomic mass is 10.1. The molecule has 2 aromatic heterocycles. The molecular weight excluding hydrogens is 198 g/mol. The van der Waals surface area contributed by atoms with E-state index < -0.39 is 0 Å². The van der Waals surface area contributed by atoms with Gasteiger partial charge in [-0.3, -0.25) is 0 Å². The zero-order valence-corrected chi connectivity index (χ0v) is 8.97. The smallest absolute Gasteiger partial charge is 0.177 e. The van der Waals surface area contributed by atoms with Gasteiger partial charge in [0.25, 0.3) is 0 Å². The number of H-pyrrole nitrogens is 1. The number of hydrogen-bond donors (Lipinski definition) is 1. The minimum atomic E-state index is 0.589. The molecule has 0 radical (unpaired) electrons. The van der Waals surface area contributed by atoms with E-state index in [0.717, 1.165) is 23.4 Å². The standard InChI is InChI=1S/C10H12ClN3/c1-6(2)3-9-13-8-4-7(11)5-12-10(8)14-9/h4-6H,3H2,1-2H3,(H,12,13,14). The number of rotatable bonds is 2. The van der Waals surface area contributed by atoms with E-state index in [9.17, 15) is 0 Å². The Hall–Kier alpha value is -1.09. The van der Waals surface area contributed by atoms with Crippen molar-refractivity contribution in [1.82, 2.24) is 15.0 Å². The molecule has 1 N–H and O–H groups in total. The largest absolute Gasteiger partial charge is 0.341 e. The molecule has 2 rings (SSSR count). The molecule has 0 aliphatic heterocycles. The first-order valence-electron chi connectivity index (χ1n) is 4.65. The van der Waals surface area contributed by atoms with Gasteiger partial charge in [0, 0.05) is 12.6 Å². The number of aromatic amines is 1. The normalized spacial score (nSPS) is 11.4. The zero-order chi connectivity index (χ0) is 10.1. The monoisotopic (exact) mass is 209 g/mol. The van der Waals surface area contributed by atoms with Crippen LogP contribution in [0, 0.1) is 5.92 Å². The molecule has 0 spiro atoms. The predicted molar refractivity (Wildman–Crippen MR) is 57.4 cm³/mol. The number of fused-ring (bicyclic) bond motifs is 1. The number of pyridine rings is 1. The van der Waals surface area contributed by atoms with E-state index in [4.69, 9.17) is 11.6 Å². The van der Waals surface area contributed by atoms with E-state index in [1.807, 2.05) is 6.07 Å². The Balaban J connectivity index is 2.41. The third kappa shape index (κ3) is 1.87. The Morgan fingerprint density at radius 1 is 1.50 bits per heavy atom. The molecule has 0 aliphatic carbocycles. The molecule has 14 heavy (non-hydrogen) atoms. The second kappa shape index (κ2) is 3.58. The van der Waals surface area contributed by atoms with Gasteiger partial charge in [-0.05, 0) is 12.0 Å². The van der Waals surface area contributed by atoms with Crippen molar-refractivity contribution in [3.05, 3.63) is 23.1 Å². The highest BCUT2D eigenvalue weighted by Gasteiger charge is 2.05. The van der Waals surface area contributed by atoms with Gasteiger partial charge in [0.05, 0.1) is 10.5 Å². The summed E-state index contributed by atoms with van der Waals surface area (Å²) >= 11 is 5.82. The van der Waals surface area contributed by atoms with Crippen LogP contribution in [0.4, 0.5) is 0 Å². The summed E-state index contributed by atoms with van der Waals surface area (Å²) in [6.07, 6.45) is 2.55. The van der Waals surface area contributed by atoms with Crippen LogP contribution in [0.1, 0.15) is 19.7 Å². The highest BCUT2D eigenvalue weighted by molar-refractivity contribution is 6.30. The number of aromatic nitrogens is 3. The summed E-state index contributed by atoms with van der Waals surface area (Å²) in [6.45, 7) is 4.32. The molecule has 0 saturated carbocycles. The van der Waals surface area contributed by atoms with Gasteiger partial charge in [0.2, 0.25) is 0 Å². The lowest BCUT2D eigenvalue weighted by molar-refractivity contribution is 0.627. The second-order valence-corrected chi connectivity index (χ2v) is 4.24. The summed E-state index contributed by atoms with van der Waals surface area (Å²) in [5.41, 5.74) is 1.65. The fourth-order valence-electron chi connectivity index (χ4n) is 1.41. The molecule has 0 saturated heterocycles. The quantitative estimate of drug-likeness (QED) is 0.827. The average Bonchev–Trinajstić information content (AvgIpc) is 2.44. The van der Waals surface area contributed by atoms with Gasteiger partial charge < -0.3 is 4.98 Å². The molecule has 0 unspecified atom stereocenters. The van der Waals surface area contributed by atoms with Gasteiger partial charge in [-0.1, -0.05) is 25.4 Å². The number of hydrogen-bond acceptors (Lipinski definition) is 2. The van der Waals surface area contributed by atoms with Crippen molar-refractivity contribution >= 4 is 22.8 Å². The molecule has 0 bridgehead atoms. The Labute approximate surface area is 87.5 Å². The van der Waals surface area contributed by atoms with Crippen LogP contribution >= 0.6 is 11.6 Å². The molecular formula is C10H12ClN3. The van der Waals surface area contributed by atoms with Gasteiger partial charge in [0.15, 0.2) is 5.65 Å². The maximum Gasteiger partial charge on any atom is 0.177 e. The molecule has 0 aliphatic rings. The van der Waals surface area contributed by atoms with Crippen molar-refractivity contribution in [3.8, 4) is 0 Å². The molecule has 0 atom stereocenters. The molecule has 3 nitrogen and oxygen atoms in total. The number of nitrogens with one attached hydrogen (secondary N) is 1. The first kappa shape index (κ1) is 9.46. The van der Waals surface area contributed by atoms with E-state index in [1.165, 1.54) is 0 Å². The first-order valence-corrected chi connectivity index (χ1v) is 5.03. The van der Waals surface area contributed by atoms with Crippen LogP contribution in [0.15, 0.2) is 12.3 Å². The first-order chi connectivity index (χ1) is 6.65. The summed E-state index contributed by atoms with van der Waals surface area (Å²) in [5, 5.41) is 0.636. The molecule has 2 aromatic rings. The van der Waals surface area contributed by atoms with E-state index in [2.05, 4.69) is 28.8 Å². The van der Waals surface area contributed by atoms with Crippen LogP contribution in [-0.4, -0.2) is 15.0 Å². The lowest BCUT2D eigenvalue weighted by Gasteiger charge is -1.98. The van der Waals surface area contributed by atoms with Crippen LogP contribution in [0.2, 0.25) is 5.02 Å². The predicted octanol–water partition coefficient (Wildman–Crippen LogP) is 2.81. The average molecular weight is 210 g/mol. The fraction of sp³-hybridized carbons (Fsp3) is 0.400. The van der Waals surface area contributed by atoms with E-state index >= 15 is 0 Å². The van der Waals surface area contributed by atoms with E-state index in [0.29, 0.717) is 10.9 Å². The highest BCUT2D eigenvalue weighted by Crippen LogP contribution is 2.15. The van der Waals surface area contributed by atoms with Gasteiger partial charge in [-0.25, -0.2) is 9.97 Å². The van der Waals surface area contributed by atoms with Crippen molar-refractivity contribution in [2.75, 3.05) is 0 Å². The van der Waals surface area contributed by atoms with E-state index in [-0.39, 0.29) is 0 Å². The van der Waals surface area contributed by atoms with Crippen LogP contribution in [0.3, 0.4) is 0 Å². The SMILES string of the molecule is CC(C)Cc1nc2ncc(Cl)cc2[nH]1. The topological polar surface area (TPSA) is 41.6 Å². The molecule has 74 valence electrons. The summed E-state index contributed by atoms with van der Waals surface area (Å²) in [7, 11) is 0. The maximum absolute atomic E-state index is 5.82. The number of imidazole rings is 1. The zero-order valence-electron chi connectivity index (χ0n) is 8.21. The highest BCUT2D eigenvalue weighted by atomic mass is 35.5. The van der Waals surface area contributed by atoms with Gasteiger partial charge in [0.1, 0.15) is 5.82 Å². The summed E-state index contributed by atoms with van der Waals surface area (Å²) in [6, 6.07) is 1.85. The molecule has 0 aromatic carbocycles. The van der Waals surface area contributed by atoms with E-state index in [1.54, 1.807) is 6.20 Å². The van der Waals surface area contributed by atoms with Gasteiger partial charge >= 0.3 is 0 Å². The van der Waals surface area contributed by atoms with Crippen molar-refractivity contribution < 1.29 is 0 Å². The fourth-order valence-corrected chi connectivity index (χ4v) is 1.57. The second-order valence-electron chi connectivity index (χ2n) is 3.81. The Morgan fingerprint density at radius 3 is 3.00 bits per heavy atom. The van der Waals surface area contributed by atoms with Gasteiger partial charge in [-0.2, -0.15) is 0 Å². The Kier molecular flexibility index (Phi) is 2.42. The minimum Gasteiger partial charge on any atom is -0.341 e. The lowest BCUT2D eigenvalue weighted by Crippen LogP contribution is -1.95. The Bertz CT molecular complexity index is 448. The summed E-state index contributed by atoms with van der Waals surface area (Å²) < 4.78 is 0. The van der Waals surface area contributed by atoms with Gasteiger partial charge in [-0.15, -0.1) is 0 Å². The van der Waals surface area contributed by atoms with Crippen LogP contribution in [0.5, 0.6) is 0 Å². The number of halogens is 1. The molecule has 0 amide bonds. The van der Waals surface area contributed by atoms with Crippen LogP contribution < -0.4 is 0 Å². The molecule has 4 heteroatoms. The van der Waals surface area contributed by atoms with Crippen molar-refractivity contribution in [2.24, 2.45) is 5.92 Å². The minimum absolute atomic E-state index is 0.589. The maximum atomic E-state index is 5.82. The van der Waals surface area contributed by atoms with Crippen molar-refractivity contribution in [2.45, 2.75) is 20.3 Å². The van der Waals surface area contributed by atoms with Crippen molar-refractivity contribution in [3.63, 3.8) is 0 Å². The van der Waals surface area contributed by atoms with Crippen LogP contribution in [-0.2, 0) is 6.42 Å². The summed E-state index contributed by atoms with van der Waals surface area (Å²) in [5.74, 6) is 1.57. The molecule has 2 heterocycles. The summed E-state index contributed by atoms with van der Waals surface area (Å²) in [4.78, 5) is 11.7. The third-order valence-corrected chi connectivity index (χ3v) is 2.16. The van der Waals surface area contributed by atoms with Crippen molar-refractivity contribution in [1.29, 1.82) is 0 Å².